The van der Waals surface area contributed by atoms with E-state index in [0.29, 0.717) is 38.9 Å². The van der Waals surface area contributed by atoms with Gasteiger partial charge in [-0.3, -0.25) is 9.59 Å². The van der Waals surface area contributed by atoms with Crippen LogP contribution in [0.2, 0.25) is 0 Å². The Balaban J connectivity index is 0.00000442. The van der Waals surface area contributed by atoms with Gasteiger partial charge >= 0.3 is 11.9 Å². The van der Waals surface area contributed by atoms with Gasteiger partial charge in [-0.2, -0.15) is 0 Å². The summed E-state index contributed by atoms with van der Waals surface area (Å²) in [6.45, 7) is 12.2. The molecule has 4 aromatic rings. The Morgan fingerprint density at radius 1 is 0.886 bits per heavy atom. The lowest BCUT2D eigenvalue weighted by atomic mass is 9.98. The lowest BCUT2D eigenvalue weighted by Crippen LogP contribution is -3.00. The van der Waals surface area contributed by atoms with E-state index in [4.69, 9.17) is 14.2 Å². The topological polar surface area (TPSA) is 70.6 Å². The molecule has 1 aliphatic carbocycles. The number of fused-ring (bicyclic) bond motifs is 4. The molecule has 0 fully saturated rings. The molecule has 8 heteroatoms. The highest BCUT2D eigenvalue weighted by molar-refractivity contribution is 5.79. The molecule has 0 unspecified atom stereocenters. The first kappa shape index (κ1) is 33.5. The van der Waals surface area contributed by atoms with Crippen molar-refractivity contribution in [1.82, 2.24) is 4.57 Å². The molecule has 44 heavy (non-hydrogen) atoms. The van der Waals surface area contributed by atoms with E-state index in [-0.39, 0.29) is 41.8 Å². The van der Waals surface area contributed by atoms with E-state index in [9.17, 15) is 9.59 Å². The number of carbonyl (C=O) groups excluding carboxylic acids is 2. The van der Waals surface area contributed by atoms with Crippen molar-refractivity contribution in [3.63, 3.8) is 0 Å². The highest BCUT2D eigenvalue weighted by Gasteiger charge is 2.30. The fraction of sp³-hybridized carbons (Fsp3) is 0.417. The monoisotopic (exact) mass is 710 g/mol. The number of ether oxygens (including phenoxy) is 3. The molecule has 0 bridgehead atoms. The number of rotatable bonds is 12. The number of carbonyl (C=O) groups is 2. The molecule has 1 aromatic heterocycles. The highest BCUT2D eigenvalue weighted by Crippen LogP contribution is 2.44. The van der Waals surface area contributed by atoms with Gasteiger partial charge in [-0.15, -0.1) is 0 Å². The van der Waals surface area contributed by atoms with Gasteiger partial charge in [0.2, 0.25) is 0 Å². The molecule has 0 atom stereocenters. The Kier molecular flexibility index (Phi) is 11.1. The fourth-order valence-electron chi connectivity index (χ4n) is 6.14. The molecule has 3 aromatic carbocycles. The molecule has 1 aliphatic rings. The van der Waals surface area contributed by atoms with Crippen LogP contribution in [0.25, 0.3) is 22.2 Å². The van der Waals surface area contributed by atoms with Crippen LogP contribution in [0.15, 0.2) is 66.7 Å². The van der Waals surface area contributed by atoms with E-state index in [2.05, 4.69) is 71.5 Å². The van der Waals surface area contributed by atoms with Crippen LogP contribution in [0, 0.1) is 0 Å². The molecule has 1 heterocycles. The molecule has 5 rings (SSSR count). The van der Waals surface area contributed by atoms with Crippen LogP contribution in [0.3, 0.4) is 0 Å². The average Bonchev–Trinajstić information content (AvgIpc) is 3.47. The van der Waals surface area contributed by atoms with Crippen LogP contribution in [-0.2, 0) is 38.6 Å². The van der Waals surface area contributed by atoms with E-state index >= 15 is 0 Å². The Labute approximate surface area is 277 Å². The number of hydrogen-bond donors (Lipinski definition) is 0. The quantitative estimate of drug-likeness (QED) is 0.0971. The number of hydrogen-bond acceptors (Lipinski definition) is 5. The van der Waals surface area contributed by atoms with E-state index in [1.807, 2.05) is 39.0 Å². The molecule has 234 valence electrons. The summed E-state index contributed by atoms with van der Waals surface area (Å²) in [6.07, 6.45) is 1.79. The molecular weight excluding hydrogens is 667 g/mol. The Bertz CT molecular complexity index is 1580. The Hall–Kier alpha value is -3.40. The number of imidazole rings is 1. The van der Waals surface area contributed by atoms with Crippen LogP contribution >= 0.6 is 0 Å². The maximum atomic E-state index is 13.0. The zero-order chi connectivity index (χ0) is 30.6. The predicted octanol–water partition coefficient (Wildman–Crippen LogP) is 3.76. The second kappa shape index (κ2) is 14.6. The van der Waals surface area contributed by atoms with Crippen molar-refractivity contribution in [2.45, 2.75) is 84.9 Å². The van der Waals surface area contributed by atoms with Gasteiger partial charge in [-0.25, -0.2) is 9.13 Å². The molecule has 0 spiro atoms. The summed E-state index contributed by atoms with van der Waals surface area (Å²) >= 11 is 0. The first-order chi connectivity index (χ1) is 20.7. The van der Waals surface area contributed by atoms with Crippen molar-refractivity contribution in [2.75, 3.05) is 13.2 Å². The largest absolute Gasteiger partial charge is 1.00 e. The van der Waals surface area contributed by atoms with Crippen LogP contribution in [0.4, 0.5) is 0 Å². The van der Waals surface area contributed by atoms with Crippen molar-refractivity contribution in [1.29, 1.82) is 0 Å². The second-order valence-electron chi connectivity index (χ2n) is 12.0. The van der Waals surface area contributed by atoms with Crippen LogP contribution in [0.1, 0.15) is 76.8 Å². The molecule has 0 radical (unpaired) electrons. The maximum Gasteiger partial charge on any atom is 0.306 e. The third kappa shape index (κ3) is 7.45. The summed E-state index contributed by atoms with van der Waals surface area (Å²) in [7, 11) is 0. The van der Waals surface area contributed by atoms with E-state index in [1.54, 1.807) is 0 Å². The van der Waals surface area contributed by atoms with Gasteiger partial charge in [0.05, 0.1) is 32.5 Å². The van der Waals surface area contributed by atoms with E-state index in [0.717, 1.165) is 35.7 Å². The first-order valence-electron chi connectivity index (χ1n) is 15.4. The van der Waals surface area contributed by atoms with Gasteiger partial charge in [-0.1, -0.05) is 48.5 Å². The highest BCUT2D eigenvalue weighted by atomic mass is 127. The summed E-state index contributed by atoms with van der Waals surface area (Å²) in [5.74, 6) is 1.51. The third-order valence-corrected chi connectivity index (χ3v) is 7.92. The van der Waals surface area contributed by atoms with Gasteiger partial charge in [0.1, 0.15) is 18.0 Å². The van der Waals surface area contributed by atoms with Gasteiger partial charge < -0.3 is 38.2 Å². The normalized spacial score (nSPS) is 12.4. The van der Waals surface area contributed by atoms with Crippen molar-refractivity contribution < 1.29 is 52.3 Å². The fourth-order valence-corrected chi connectivity index (χ4v) is 6.14. The maximum absolute atomic E-state index is 13.0. The number of halogens is 1. The smallest absolute Gasteiger partial charge is 0.306 e. The minimum atomic E-state index is -0.480. The summed E-state index contributed by atoms with van der Waals surface area (Å²) in [5, 5.41) is 0. The molecule has 0 amide bonds. The Morgan fingerprint density at radius 2 is 1.55 bits per heavy atom. The van der Waals surface area contributed by atoms with Crippen molar-refractivity contribution in [3.05, 3.63) is 83.7 Å². The lowest BCUT2D eigenvalue weighted by molar-refractivity contribution is -0.676. The van der Waals surface area contributed by atoms with Gasteiger partial charge in [-0.05, 0) is 75.4 Å². The molecule has 7 nitrogen and oxygen atoms in total. The standard InChI is InChI=1S/C36H43N2O5.HI/c1-6-37-31-19-18-25(41-22-12-17-35(40)43-36(3,4)5)23-32(31)38(7-2)33(37)20-21-34(39)42-24-30-28-15-10-8-13-26(28)27-14-9-11-16-29(27)30;/h8-11,13-16,18-19,23,30H,6-7,12,17,20-22,24H2,1-5H3;1H/q+1;/p-1. The van der Waals surface area contributed by atoms with Crippen LogP contribution in [-0.4, -0.2) is 35.3 Å². The number of aromatic nitrogens is 2. The van der Waals surface area contributed by atoms with Gasteiger partial charge in [0.15, 0.2) is 11.0 Å². The summed E-state index contributed by atoms with van der Waals surface area (Å²) in [6, 6.07) is 22.9. The van der Waals surface area contributed by atoms with E-state index in [1.165, 1.54) is 22.3 Å². The molecule has 0 N–H and O–H groups in total. The molecule has 0 saturated heterocycles. The summed E-state index contributed by atoms with van der Waals surface area (Å²) in [4.78, 5) is 25.0. The van der Waals surface area contributed by atoms with Gasteiger partial charge in [0, 0.05) is 18.4 Å². The predicted molar refractivity (Wildman–Crippen MR) is 167 cm³/mol. The van der Waals surface area contributed by atoms with Crippen LogP contribution < -0.4 is 33.3 Å². The zero-order valence-electron chi connectivity index (χ0n) is 26.4. The zero-order valence-corrected chi connectivity index (χ0v) is 28.6. The summed E-state index contributed by atoms with van der Waals surface area (Å²) in [5.41, 5.74) is 6.57. The minimum Gasteiger partial charge on any atom is -1.00 e. The van der Waals surface area contributed by atoms with Crippen molar-refractivity contribution >= 4 is 23.0 Å². The SMILES string of the molecule is CCn1c(CCC(=O)OCC2c3ccccc3-c3ccccc32)[n+](CC)c2ccc(OCCCC(=O)OC(C)(C)C)cc21.[I-]. The summed E-state index contributed by atoms with van der Waals surface area (Å²) < 4.78 is 21.8. The van der Waals surface area contributed by atoms with Gasteiger partial charge in [0.25, 0.3) is 5.82 Å². The number of aryl methyl sites for hydroxylation is 2. The number of benzene rings is 3. The van der Waals surface area contributed by atoms with Crippen LogP contribution in [0.5, 0.6) is 5.75 Å². The third-order valence-electron chi connectivity index (χ3n) is 7.92. The second-order valence-corrected chi connectivity index (χ2v) is 12.0. The van der Waals surface area contributed by atoms with Crippen molar-refractivity contribution in [3.8, 4) is 16.9 Å². The Morgan fingerprint density at radius 3 is 2.16 bits per heavy atom. The molecule has 0 saturated carbocycles. The first-order valence-corrected chi connectivity index (χ1v) is 15.4. The molecule has 0 aliphatic heterocycles. The molecular formula is C36H43IN2O5. The lowest BCUT2D eigenvalue weighted by Gasteiger charge is -2.19. The minimum absolute atomic E-state index is 0. The number of nitrogens with zero attached hydrogens (tertiary/aromatic N) is 2. The average molecular weight is 711 g/mol. The number of esters is 2. The van der Waals surface area contributed by atoms with E-state index < -0.39 is 5.60 Å². The van der Waals surface area contributed by atoms with Crippen molar-refractivity contribution in [2.24, 2.45) is 0 Å².